The third kappa shape index (κ3) is 5.79. The molecule has 1 atom stereocenters. The number of piperidine rings is 1. The molecule has 0 aliphatic carbocycles. The molecule has 2 heterocycles. The van der Waals surface area contributed by atoms with E-state index in [1.165, 1.54) is 12.1 Å². The van der Waals surface area contributed by atoms with Crippen LogP contribution in [0.3, 0.4) is 0 Å². The molecule has 29 heavy (non-hydrogen) atoms. The first kappa shape index (κ1) is 20.8. The summed E-state index contributed by atoms with van der Waals surface area (Å²) in [5.41, 5.74) is 7.34. The predicted octanol–water partition coefficient (Wildman–Crippen LogP) is 3.39. The van der Waals surface area contributed by atoms with Crippen LogP contribution in [0.25, 0.3) is 0 Å². The first-order valence-corrected chi connectivity index (χ1v) is 10.2. The number of nitrogens with two attached hydrogens (primary N) is 1. The molecule has 1 amide bonds. The minimum Gasteiger partial charge on any atom is -0.396 e. The van der Waals surface area contributed by atoms with Gasteiger partial charge in [0, 0.05) is 43.5 Å². The summed E-state index contributed by atoms with van der Waals surface area (Å²) >= 11 is 0. The molecule has 0 spiro atoms. The van der Waals surface area contributed by atoms with Crippen molar-refractivity contribution in [3.63, 3.8) is 0 Å². The van der Waals surface area contributed by atoms with Gasteiger partial charge in [-0.1, -0.05) is 13.3 Å². The Balaban J connectivity index is 1.84. The molecule has 0 radical (unpaired) electrons. The highest BCUT2D eigenvalue weighted by Gasteiger charge is 2.22. The van der Waals surface area contributed by atoms with Crippen molar-refractivity contribution in [1.82, 2.24) is 15.3 Å². The second-order valence-electron chi connectivity index (χ2n) is 7.49. The van der Waals surface area contributed by atoms with Crippen LogP contribution >= 0.6 is 0 Å². The van der Waals surface area contributed by atoms with E-state index in [1.54, 1.807) is 13.0 Å². The van der Waals surface area contributed by atoms with Gasteiger partial charge in [0.15, 0.2) is 0 Å². The number of unbranched alkanes of at least 4 members (excludes halogenated alkanes) is 1. The number of hydrogen-bond donors (Lipinski definition) is 3. The highest BCUT2D eigenvalue weighted by atomic mass is 19.1. The number of nitrogens with one attached hydrogen (secondary N) is 2. The molecule has 4 N–H and O–H groups in total. The van der Waals surface area contributed by atoms with E-state index in [0.29, 0.717) is 18.2 Å². The van der Waals surface area contributed by atoms with Crippen LogP contribution in [0, 0.1) is 5.82 Å². The Bertz CT molecular complexity index is 859. The molecule has 8 heteroatoms. The molecule has 1 aliphatic heterocycles. The van der Waals surface area contributed by atoms with Crippen LogP contribution in [-0.2, 0) is 11.2 Å². The smallest absolute Gasteiger partial charge is 0.229 e. The summed E-state index contributed by atoms with van der Waals surface area (Å²) in [4.78, 5) is 22.9. The van der Waals surface area contributed by atoms with Gasteiger partial charge < -0.3 is 21.3 Å². The second kappa shape index (κ2) is 9.54. The van der Waals surface area contributed by atoms with Gasteiger partial charge in [0.2, 0.25) is 11.9 Å². The fourth-order valence-corrected chi connectivity index (χ4v) is 3.53. The van der Waals surface area contributed by atoms with Crippen LogP contribution in [0.1, 0.15) is 45.2 Å². The average molecular weight is 401 g/mol. The standard InChI is InChI=1S/C21H29FN6O/c1-3-4-6-15-12-20(28-10-5-7-17(13-28)24-14(2)29)27-21(25-15)26-16-8-9-18(22)19(23)11-16/h8-9,11-12,17H,3-7,10,13,23H2,1-2H3,(H,24,29)(H,25,26,27)/t17-/m1/s1. The van der Waals surface area contributed by atoms with Crippen LogP contribution in [0.4, 0.5) is 27.5 Å². The van der Waals surface area contributed by atoms with Crippen molar-refractivity contribution in [2.75, 3.05) is 29.0 Å². The van der Waals surface area contributed by atoms with Crippen molar-refractivity contribution in [3.8, 4) is 0 Å². The molecule has 1 aromatic heterocycles. The van der Waals surface area contributed by atoms with Crippen LogP contribution in [0.15, 0.2) is 24.3 Å². The van der Waals surface area contributed by atoms with Gasteiger partial charge in [-0.3, -0.25) is 4.79 Å². The van der Waals surface area contributed by atoms with Gasteiger partial charge >= 0.3 is 0 Å². The number of nitrogens with zero attached hydrogens (tertiary/aromatic N) is 3. The Labute approximate surface area is 170 Å². The van der Waals surface area contributed by atoms with E-state index in [1.807, 2.05) is 6.07 Å². The number of carbonyl (C=O) groups is 1. The summed E-state index contributed by atoms with van der Waals surface area (Å²) in [6, 6.07) is 6.60. The summed E-state index contributed by atoms with van der Waals surface area (Å²) in [7, 11) is 0. The van der Waals surface area contributed by atoms with Gasteiger partial charge in [-0.05, 0) is 43.9 Å². The van der Waals surface area contributed by atoms with E-state index in [0.717, 1.165) is 50.2 Å². The lowest BCUT2D eigenvalue weighted by atomic mass is 10.1. The zero-order valence-electron chi connectivity index (χ0n) is 17.0. The Morgan fingerprint density at radius 2 is 2.17 bits per heavy atom. The van der Waals surface area contributed by atoms with Crippen LogP contribution in [0.5, 0.6) is 0 Å². The SMILES string of the molecule is CCCCc1cc(N2CCC[C@@H](NC(C)=O)C2)nc(Nc2ccc(F)c(N)c2)n1. The fraction of sp³-hybridized carbons (Fsp3) is 0.476. The number of rotatable bonds is 7. The summed E-state index contributed by atoms with van der Waals surface area (Å²) in [5.74, 6) is 0.825. The van der Waals surface area contributed by atoms with Crippen molar-refractivity contribution in [2.24, 2.45) is 0 Å². The number of hydrogen-bond acceptors (Lipinski definition) is 6. The number of amides is 1. The lowest BCUT2D eigenvalue weighted by Crippen LogP contribution is -2.47. The van der Waals surface area contributed by atoms with E-state index < -0.39 is 5.82 Å². The van der Waals surface area contributed by atoms with Crippen molar-refractivity contribution >= 4 is 29.0 Å². The zero-order chi connectivity index (χ0) is 20.8. The summed E-state index contributed by atoms with van der Waals surface area (Å²) in [6.45, 7) is 5.28. The Morgan fingerprint density at radius 3 is 2.90 bits per heavy atom. The first-order valence-electron chi connectivity index (χ1n) is 10.2. The van der Waals surface area contributed by atoms with Crippen molar-refractivity contribution < 1.29 is 9.18 Å². The maximum atomic E-state index is 13.5. The van der Waals surface area contributed by atoms with E-state index in [2.05, 4.69) is 32.4 Å². The van der Waals surface area contributed by atoms with Crippen LogP contribution < -0.4 is 21.3 Å². The summed E-state index contributed by atoms with van der Waals surface area (Å²) in [6.07, 6.45) is 4.91. The van der Waals surface area contributed by atoms with E-state index >= 15 is 0 Å². The van der Waals surface area contributed by atoms with E-state index in [4.69, 9.17) is 5.73 Å². The monoisotopic (exact) mass is 400 g/mol. The van der Waals surface area contributed by atoms with Gasteiger partial charge in [-0.2, -0.15) is 4.98 Å². The fourth-order valence-electron chi connectivity index (χ4n) is 3.53. The van der Waals surface area contributed by atoms with Crippen LogP contribution in [-0.4, -0.2) is 35.0 Å². The molecule has 0 saturated carbocycles. The number of anilines is 4. The van der Waals surface area contributed by atoms with E-state index in [-0.39, 0.29) is 17.6 Å². The highest BCUT2D eigenvalue weighted by Crippen LogP contribution is 2.24. The molecule has 1 aromatic carbocycles. The lowest BCUT2D eigenvalue weighted by molar-refractivity contribution is -0.119. The molecule has 0 unspecified atom stereocenters. The number of carbonyl (C=O) groups excluding carboxylic acids is 1. The second-order valence-corrected chi connectivity index (χ2v) is 7.49. The van der Waals surface area contributed by atoms with Gasteiger partial charge in [-0.25, -0.2) is 9.37 Å². The number of aromatic nitrogens is 2. The molecular weight excluding hydrogens is 371 g/mol. The Hall–Kier alpha value is -2.90. The molecule has 156 valence electrons. The molecular formula is C21H29FN6O. The normalized spacial score (nSPS) is 16.5. The molecule has 3 rings (SSSR count). The Morgan fingerprint density at radius 1 is 1.34 bits per heavy atom. The quantitative estimate of drug-likeness (QED) is 0.617. The summed E-state index contributed by atoms with van der Waals surface area (Å²) in [5, 5.41) is 6.15. The molecule has 0 bridgehead atoms. The van der Waals surface area contributed by atoms with Crippen molar-refractivity contribution in [3.05, 3.63) is 35.8 Å². The number of benzene rings is 1. The zero-order valence-corrected chi connectivity index (χ0v) is 17.0. The first-order chi connectivity index (χ1) is 13.9. The summed E-state index contributed by atoms with van der Waals surface area (Å²) < 4.78 is 13.5. The third-order valence-corrected chi connectivity index (χ3v) is 4.96. The van der Waals surface area contributed by atoms with Crippen molar-refractivity contribution in [1.29, 1.82) is 0 Å². The van der Waals surface area contributed by atoms with Crippen molar-refractivity contribution in [2.45, 2.75) is 52.0 Å². The molecule has 1 aliphatic rings. The molecule has 1 fully saturated rings. The Kier molecular flexibility index (Phi) is 6.85. The maximum Gasteiger partial charge on any atom is 0.229 e. The number of aryl methyl sites for hydroxylation is 1. The molecule has 2 aromatic rings. The number of halogens is 1. The lowest BCUT2D eigenvalue weighted by Gasteiger charge is -2.34. The average Bonchev–Trinajstić information content (AvgIpc) is 2.69. The van der Waals surface area contributed by atoms with E-state index in [9.17, 15) is 9.18 Å². The van der Waals surface area contributed by atoms with Crippen LogP contribution in [0.2, 0.25) is 0 Å². The largest absolute Gasteiger partial charge is 0.396 e. The predicted molar refractivity (Wildman–Crippen MR) is 114 cm³/mol. The van der Waals surface area contributed by atoms with Gasteiger partial charge in [0.1, 0.15) is 11.6 Å². The molecule has 1 saturated heterocycles. The maximum absolute atomic E-state index is 13.5. The highest BCUT2D eigenvalue weighted by molar-refractivity contribution is 5.73. The third-order valence-electron chi connectivity index (χ3n) is 4.96. The van der Waals surface area contributed by atoms with Gasteiger partial charge in [0.05, 0.1) is 5.69 Å². The number of nitrogen functional groups attached to an aromatic ring is 1. The van der Waals surface area contributed by atoms with Gasteiger partial charge in [0.25, 0.3) is 0 Å². The van der Waals surface area contributed by atoms with Gasteiger partial charge in [-0.15, -0.1) is 0 Å². The minimum absolute atomic E-state index is 0.0144. The molecule has 7 nitrogen and oxygen atoms in total. The minimum atomic E-state index is -0.453. The topological polar surface area (TPSA) is 96.2 Å².